The first-order valence-electron chi connectivity index (χ1n) is 9.08. The smallest absolute Gasteiger partial charge is 0.261 e. The van der Waals surface area contributed by atoms with E-state index in [9.17, 15) is 9.59 Å². The van der Waals surface area contributed by atoms with Crippen molar-refractivity contribution >= 4 is 50.5 Å². The maximum atomic E-state index is 12.6. The van der Waals surface area contributed by atoms with Crippen molar-refractivity contribution < 1.29 is 9.59 Å². The molecule has 0 radical (unpaired) electrons. The number of hydrogen-bond donors (Lipinski definition) is 3. The molecule has 0 bridgehead atoms. The molecular weight excluding hydrogens is 394 g/mol. The lowest BCUT2D eigenvalue weighted by molar-refractivity contribution is -0.118. The van der Waals surface area contributed by atoms with Gasteiger partial charge in [0.25, 0.3) is 5.91 Å². The first-order valence-corrected chi connectivity index (χ1v) is 10.8. The monoisotopic (exact) mass is 417 g/mol. The van der Waals surface area contributed by atoms with E-state index in [0.29, 0.717) is 18.0 Å². The van der Waals surface area contributed by atoms with Gasteiger partial charge in [0.15, 0.2) is 0 Å². The summed E-state index contributed by atoms with van der Waals surface area (Å²) in [4.78, 5) is 34.9. The normalized spacial score (nSPS) is 12.0. The Morgan fingerprint density at radius 2 is 2.00 bits per heavy atom. The molecule has 3 aromatic heterocycles. The maximum Gasteiger partial charge on any atom is 0.261 e. The first kappa shape index (κ1) is 20.2. The molecule has 0 saturated carbocycles. The van der Waals surface area contributed by atoms with E-state index in [1.54, 1.807) is 11.3 Å². The average molecular weight is 418 g/mol. The standard InChI is InChI=1S/C19H23N5O2S2/c1-4-13(14-6-5-9-27-14)24-17-15-11(2)16(28-19(15)23-10-22-17)18(26)21-8-7-20-12(3)25/h5-6,9-10,13H,4,7-8H2,1-3H3,(H,20,25)(H,21,26)(H,22,23,24)/t13-/m1/s1. The number of carbonyl (C=O) groups is 2. The van der Waals surface area contributed by atoms with E-state index in [2.05, 4.69) is 44.3 Å². The number of fused-ring (bicyclic) bond motifs is 1. The lowest BCUT2D eigenvalue weighted by atomic mass is 10.1. The summed E-state index contributed by atoms with van der Waals surface area (Å²) in [6.45, 7) is 6.27. The largest absolute Gasteiger partial charge is 0.362 e. The molecular formula is C19H23N5O2S2. The van der Waals surface area contributed by atoms with E-state index in [0.717, 1.165) is 28.0 Å². The van der Waals surface area contributed by atoms with Gasteiger partial charge in [-0.05, 0) is 30.4 Å². The topological polar surface area (TPSA) is 96.0 Å². The summed E-state index contributed by atoms with van der Waals surface area (Å²) < 4.78 is 0. The molecule has 3 N–H and O–H groups in total. The molecule has 28 heavy (non-hydrogen) atoms. The number of rotatable bonds is 8. The van der Waals surface area contributed by atoms with E-state index < -0.39 is 0 Å². The fourth-order valence-corrected chi connectivity index (χ4v) is 4.85. The lowest BCUT2D eigenvalue weighted by Crippen LogP contribution is -2.33. The van der Waals surface area contributed by atoms with Crippen molar-refractivity contribution in [2.24, 2.45) is 0 Å². The maximum absolute atomic E-state index is 12.6. The number of nitrogens with zero attached hydrogens (tertiary/aromatic N) is 2. The van der Waals surface area contributed by atoms with Gasteiger partial charge >= 0.3 is 0 Å². The number of thiophene rings is 2. The van der Waals surface area contributed by atoms with Gasteiger partial charge in [-0.25, -0.2) is 9.97 Å². The van der Waals surface area contributed by atoms with Crippen LogP contribution in [0.3, 0.4) is 0 Å². The fraction of sp³-hybridized carbons (Fsp3) is 0.368. The van der Waals surface area contributed by atoms with Crippen molar-refractivity contribution in [2.75, 3.05) is 18.4 Å². The molecule has 0 aliphatic carbocycles. The Bertz CT molecular complexity index is 968. The zero-order chi connectivity index (χ0) is 20.1. The van der Waals surface area contributed by atoms with E-state index >= 15 is 0 Å². The molecule has 0 saturated heterocycles. The van der Waals surface area contributed by atoms with E-state index in [-0.39, 0.29) is 17.9 Å². The van der Waals surface area contributed by atoms with E-state index in [4.69, 9.17) is 0 Å². The molecule has 0 aromatic carbocycles. The minimum absolute atomic E-state index is 0.116. The van der Waals surface area contributed by atoms with Crippen molar-refractivity contribution in [3.63, 3.8) is 0 Å². The number of aryl methyl sites for hydroxylation is 1. The van der Waals surface area contributed by atoms with E-state index in [1.165, 1.54) is 29.5 Å². The Labute approximate surface area is 171 Å². The molecule has 0 spiro atoms. The highest BCUT2D eigenvalue weighted by molar-refractivity contribution is 7.20. The molecule has 2 amide bonds. The summed E-state index contributed by atoms with van der Waals surface area (Å²) in [5.41, 5.74) is 0.862. The molecule has 0 aliphatic heterocycles. The van der Waals surface area contributed by atoms with Gasteiger partial charge in [-0.2, -0.15) is 0 Å². The van der Waals surface area contributed by atoms with Crippen LogP contribution in [0.4, 0.5) is 5.82 Å². The van der Waals surface area contributed by atoms with Crippen molar-refractivity contribution in [3.05, 3.63) is 39.2 Å². The summed E-state index contributed by atoms with van der Waals surface area (Å²) in [5, 5.41) is 12.0. The highest BCUT2D eigenvalue weighted by Crippen LogP contribution is 2.35. The van der Waals surface area contributed by atoms with Gasteiger partial charge in [0, 0.05) is 24.9 Å². The number of anilines is 1. The highest BCUT2D eigenvalue weighted by atomic mass is 32.1. The molecule has 3 rings (SSSR count). The second-order valence-electron chi connectivity index (χ2n) is 6.32. The molecule has 0 unspecified atom stereocenters. The van der Waals surface area contributed by atoms with Gasteiger partial charge in [0.1, 0.15) is 17.0 Å². The Balaban J connectivity index is 1.82. The van der Waals surface area contributed by atoms with Gasteiger partial charge in [0.2, 0.25) is 5.91 Å². The molecule has 0 fully saturated rings. The Morgan fingerprint density at radius 1 is 1.21 bits per heavy atom. The van der Waals surface area contributed by atoms with Crippen LogP contribution in [0, 0.1) is 6.92 Å². The quantitative estimate of drug-likeness (QED) is 0.488. The Kier molecular flexibility index (Phi) is 6.58. The van der Waals surface area contributed by atoms with Crippen molar-refractivity contribution in [3.8, 4) is 0 Å². The highest BCUT2D eigenvalue weighted by Gasteiger charge is 2.21. The van der Waals surface area contributed by atoms with Crippen LogP contribution in [-0.4, -0.2) is 34.9 Å². The summed E-state index contributed by atoms with van der Waals surface area (Å²) in [6.07, 6.45) is 2.45. The summed E-state index contributed by atoms with van der Waals surface area (Å²) in [5.74, 6) is 0.466. The SMILES string of the molecule is CC[C@@H](Nc1ncnc2sc(C(=O)NCCNC(C)=O)c(C)c12)c1cccs1. The average Bonchev–Trinajstić information content (AvgIpc) is 3.32. The summed E-state index contributed by atoms with van der Waals surface area (Å²) in [6, 6.07) is 4.31. The number of hydrogen-bond acceptors (Lipinski definition) is 7. The van der Waals surface area contributed by atoms with Crippen LogP contribution in [-0.2, 0) is 4.79 Å². The second-order valence-corrected chi connectivity index (χ2v) is 8.30. The first-order chi connectivity index (χ1) is 13.5. The molecule has 148 valence electrons. The summed E-state index contributed by atoms with van der Waals surface area (Å²) in [7, 11) is 0. The Hall–Kier alpha value is -2.52. The van der Waals surface area contributed by atoms with Crippen LogP contribution in [0.15, 0.2) is 23.8 Å². The predicted molar refractivity (Wildman–Crippen MR) is 114 cm³/mol. The van der Waals surface area contributed by atoms with E-state index in [1.807, 2.05) is 13.0 Å². The van der Waals surface area contributed by atoms with Crippen molar-refractivity contribution in [2.45, 2.75) is 33.2 Å². The molecule has 3 heterocycles. The van der Waals surface area contributed by atoms with Crippen molar-refractivity contribution in [1.29, 1.82) is 0 Å². The van der Waals surface area contributed by atoms with Crippen LogP contribution >= 0.6 is 22.7 Å². The molecule has 7 nitrogen and oxygen atoms in total. The molecule has 3 aromatic rings. The van der Waals surface area contributed by atoms with Crippen LogP contribution in [0.5, 0.6) is 0 Å². The third kappa shape index (κ3) is 4.48. The molecule has 0 aliphatic rings. The van der Waals surface area contributed by atoms with Crippen LogP contribution in [0.1, 0.15) is 46.4 Å². The zero-order valence-electron chi connectivity index (χ0n) is 16.0. The number of carbonyl (C=O) groups excluding carboxylic acids is 2. The summed E-state index contributed by atoms with van der Waals surface area (Å²) >= 11 is 3.07. The Morgan fingerprint density at radius 3 is 2.68 bits per heavy atom. The number of aromatic nitrogens is 2. The fourth-order valence-electron chi connectivity index (χ4n) is 2.92. The molecule has 1 atom stereocenters. The lowest BCUT2D eigenvalue weighted by Gasteiger charge is -2.16. The number of nitrogens with one attached hydrogen (secondary N) is 3. The van der Waals surface area contributed by atoms with Crippen LogP contribution in [0.25, 0.3) is 10.2 Å². The van der Waals surface area contributed by atoms with Gasteiger partial charge in [-0.1, -0.05) is 13.0 Å². The minimum Gasteiger partial charge on any atom is -0.362 e. The van der Waals surface area contributed by atoms with Crippen LogP contribution in [0.2, 0.25) is 0 Å². The molecule has 9 heteroatoms. The predicted octanol–water partition coefficient (Wildman–Crippen LogP) is 3.49. The van der Waals surface area contributed by atoms with Crippen molar-refractivity contribution in [1.82, 2.24) is 20.6 Å². The third-order valence-corrected chi connectivity index (χ3v) is 6.51. The van der Waals surface area contributed by atoms with Gasteiger partial charge < -0.3 is 16.0 Å². The van der Waals surface area contributed by atoms with Crippen LogP contribution < -0.4 is 16.0 Å². The van der Waals surface area contributed by atoms with Gasteiger partial charge in [0.05, 0.1) is 16.3 Å². The minimum atomic E-state index is -0.165. The second kappa shape index (κ2) is 9.11. The van der Waals surface area contributed by atoms with Gasteiger partial charge in [-0.15, -0.1) is 22.7 Å². The third-order valence-electron chi connectivity index (χ3n) is 4.32. The zero-order valence-corrected chi connectivity index (χ0v) is 17.7. The van der Waals surface area contributed by atoms with Gasteiger partial charge in [-0.3, -0.25) is 9.59 Å². The number of amides is 2.